The average Bonchev–Trinajstić information content (AvgIpc) is 2.28. The largest absolute Gasteiger partial charge is 0.494 e. The van der Waals surface area contributed by atoms with Gasteiger partial charge in [0.1, 0.15) is 11.6 Å². The highest BCUT2D eigenvalue weighted by atomic mass is 19.1. The van der Waals surface area contributed by atoms with Gasteiger partial charge >= 0.3 is 0 Å². The molecule has 1 rings (SSSR count). The van der Waals surface area contributed by atoms with E-state index in [1.54, 1.807) is 0 Å². The number of ether oxygens (including phenoxy) is 1. The fourth-order valence-corrected chi connectivity index (χ4v) is 1.31. The maximum absolute atomic E-state index is 13.0. The number of carbonyl (C=O) groups is 1. The van der Waals surface area contributed by atoms with Crippen molar-refractivity contribution in [1.29, 1.82) is 0 Å². The maximum atomic E-state index is 13.0. The van der Waals surface area contributed by atoms with Crippen molar-refractivity contribution in [1.82, 2.24) is 5.32 Å². The molecule has 1 aromatic rings. The summed E-state index contributed by atoms with van der Waals surface area (Å²) in [7, 11) is 1.43. The zero-order valence-electron chi connectivity index (χ0n) is 11.1. The Bertz CT molecular complexity index is 427. The monoisotopic (exact) mass is 254 g/mol. The first-order valence-corrected chi connectivity index (χ1v) is 5.70. The molecule has 0 aromatic heterocycles. The van der Waals surface area contributed by atoms with Crippen LogP contribution in [-0.2, 0) is 4.79 Å². The van der Waals surface area contributed by atoms with Crippen LogP contribution in [0.25, 0.3) is 0 Å². The summed E-state index contributed by atoms with van der Waals surface area (Å²) < 4.78 is 18.0. The standard InChI is InChI=1S/C13H19FN2O2/c1-13(2,3)15-8-12(17)16-10-6-5-9(14)7-11(10)18-4/h5-7,15H,8H2,1-4H3,(H,16,17). The molecule has 0 spiro atoms. The SMILES string of the molecule is COc1cc(F)ccc1NC(=O)CNC(C)(C)C. The predicted molar refractivity (Wildman–Crippen MR) is 69.3 cm³/mol. The molecular weight excluding hydrogens is 235 g/mol. The Morgan fingerprint density at radius 3 is 2.61 bits per heavy atom. The van der Waals surface area contributed by atoms with Crippen LogP contribution in [0.5, 0.6) is 5.75 Å². The minimum Gasteiger partial charge on any atom is -0.494 e. The third kappa shape index (κ3) is 4.71. The lowest BCUT2D eigenvalue weighted by molar-refractivity contribution is -0.115. The van der Waals surface area contributed by atoms with Crippen molar-refractivity contribution in [3.63, 3.8) is 0 Å². The number of hydrogen-bond acceptors (Lipinski definition) is 3. The van der Waals surface area contributed by atoms with Crippen LogP contribution in [0.2, 0.25) is 0 Å². The van der Waals surface area contributed by atoms with E-state index in [-0.39, 0.29) is 18.0 Å². The number of nitrogens with one attached hydrogen (secondary N) is 2. The van der Waals surface area contributed by atoms with Crippen molar-refractivity contribution in [2.24, 2.45) is 0 Å². The van der Waals surface area contributed by atoms with Crippen LogP contribution < -0.4 is 15.4 Å². The van der Waals surface area contributed by atoms with Crippen LogP contribution >= 0.6 is 0 Å². The molecule has 5 heteroatoms. The van der Waals surface area contributed by atoms with E-state index in [1.165, 1.54) is 25.3 Å². The summed E-state index contributed by atoms with van der Waals surface area (Å²) in [6.45, 7) is 6.10. The van der Waals surface area contributed by atoms with E-state index in [1.807, 2.05) is 20.8 Å². The Morgan fingerprint density at radius 2 is 2.06 bits per heavy atom. The minimum absolute atomic E-state index is 0.135. The molecule has 0 heterocycles. The molecule has 0 aliphatic carbocycles. The zero-order valence-corrected chi connectivity index (χ0v) is 11.1. The van der Waals surface area contributed by atoms with Crippen LogP contribution in [0.3, 0.4) is 0 Å². The molecule has 1 aromatic carbocycles. The molecule has 100 valence electrons. The number of halogens is 1. The van der Waals surface area contributed by atoms with Gasteiger partial charge in [0, 0.05) is 11.6 Å². The van der Waals surface area contributed by atoms with Gasteiger partial charge < -0.3 is 15.4 Å². The molecule has 0 fully saturated rings. The fourth-order valence-electron chi connectivity index (χ4n) is 1.31. The highest BCUT2D eigenvalue weighted by Crippen LogP contribution is 2.24. The first-order valence-electron chi connectivity index (χ1n) is 5.70. The number of hydrogen-bond donors (Lipinski definition) is 2. The normalized spacial score (nSPS) is 11.2. The molecule has 0 saturated heterocycles. The van der Waals surface area contributed by atoms with Gasteiger partial charge in [-0.15, -0.1) is 0 Å². The third-order valence-corrected chi connectivity index (χ3v) is 2.22. The Kier molecular flexibility index (Phi) is 4.67. The van der Waals surface area contributed by atoms with Crippen LogP contribution in [0.1, 0.15) is 20.8 Å². The second kappa shape index (κ2) is 5.82. The Hall–Kier alpha value is -1.62. The van der Waals surface area contributed by atoms with Gasteiger partial charge in [-0.1, -0.05) is 0 Å². The lowest BCUT2D eigenvalue weighted by Crippen LogP contribution is -2.41. The fraction of sp³-hybridized carbons (Fsp3) is 0.462. The minimum atomic E-state index is -0.405. The first-order chi connectivity index (χ1) is 8.31. The van der Waals surface area contributed by atoms with Gasteiger partial charge in [-0.05, 0) is 32.9 Å². The third-order valence-electron chi connectivity index (χ3n) is 2.22. The number of methoxy groups -OCH3 is 1. The molecule has 18 heavy (non-hydrogen) atoms. The van der Waals surface area contributed by atoms with E-state index in [0.717, 1.165) is 0 Å². The zero-order chi connectivity index (χ0) is 13.8. The summed E-state index contributed by atoms with van der Waals surface area (Å²) in [5.74, 6) is -0.299. The molecule has 0 bridgehead atoms. The molecule has 0 radical (unpaired) electrons. The summed E-state index contributed by atoms with van der Waals surface area (Å²) in [5.41, 5.74) is 0.323. The molecule has 0 aliphatic heterocycles. The Morgan fingerprint density at radius 1 is 1.39 bits per heavy atom. The summed E-state index contributed by atoms with van der Waals surface area (Å²) in [4.78, 5) is 11.7. The van der Waals surface area contributed by atoms with Gasteiger partial charge in [-0.3, -0.25) is 4.79 Å². The smallest absolute Gasteiger partial charge is 0.238 e. The predicted octanol–water partition coefficient (Wildman–Crippen LogP) is 2.16. The number of amides is 1. The number of benzene rings is 1. The maximum Gasteiger partial charge on any atom is 0.238 e. The summed E-state index contributed by atoms with van der Waals surface area (Å²) in [6.07, 6.45) is 0. The lowest BCUT2D eigenvalue weighted by Gasteiger charge is -2.20. The van der Waals surface area contributed by atoms with Gasteiger partial charge in [0.15, 0.2) is 0 Å². The Balaban J connectivity index is 2.64. The van der Waals surface area contributed by atoms with Crippen molar-refractivity contribution >= 4 is 11.6 Å². The van der Waals surface area contributed by atoms with Crippen molar-refractivity contribution in [2.75, 3.05) is 19.0 Å². The summed E-state index contributed by atoms with van der Waals surface area (Å²) in [6, 6.07) is 3.98. The molecule has 2 N–H and O–H groups in total. The number of carbonyl (C=O) groups excluding carboxylic acids is 1. The molecule has 0 unspecified atom stereocenters. The number of rotatable bonds is 4. The number of anilines is 1. The van der Waals surface area contributed by atoms with Gasteiger partial charge in [-0.25, -0.2) is 4.39 Å². The van der Waals surface area contributed by atoms with E-state index < -0.39 is 5.82 Å². The van der Waals surface area contributed by atoms with Crippen LogP contribution in [0.4, 0.5) is 10.1 Å². The summed E-state index contributed by atoms with van der Waals surface area (Å²) >= 11 is 0. The van der Waals surface area contributed by atoms with Gasteiger partial charge in [0.05, 0.1) is 19.3 Å². The van der Waals surface area contributed by atoms with E-state index in [4.69, 9.17) is 4.74 Å². The van der Waals surface area contributed by atoms with Crippen molar-refractivity contribution < 1.29 is 13.9 Å². The molecule has 0 atom stereocenters. The topological polar surface area (TPSA) is 50.4 Å². The molecular formula is C13H19FN2O2. The summed E-state index contributed by atoms with van der Waals surface area (Å²) in [5, 5.41) is 5.73. The molecule has 0 aliphatic rings. The van der Waals surface area contributed by atoms with Crippen molar-refractivity contribution in [3.8, 4) is 5.75 Å². The second-order valence-corrected chi connectivity index (χ2v) is 5.00. The molecule has 4 nitrogen and oxygen atoms in total. The first kappa shape index (κ1) is 14.4. The lowest BCUT2D eigenvalue weighted by atomic mass is 10.1. The van der Waals surface area contributed by atoms with Crippen LogP contribution in [0.15, 0.2) is 18.2 Å². The van der Waals surface area contributed by atoms with Crippen molar-refractivity contribution in [2.45, 2.75) is 26.3 Å². The van der Waals surface area contributed by atoms with Gasteiger partial charge in [0.2, 0.25) is 5.91 Å². The van der Waals surface area contributed by atoms with Gasteiger partial charge in [-0.2, -0.15) is 0 Å². The second-order valence-electron chi connectivity index (χ2n) is 5.00. The van der Waals surface area contributed by atoms with E-state index in [9.17, 15) is 9.18 Å². The molecule has 1 amide bonds. The highest BCUT2D eigenvalue weighted by molar-refractivity contribution is 5.93. The van der Waals surface area contributed by atoms with Crippen LogP contribution in [-0.4, -0.2) is 25.1 Å². The molecule has 0 saturated carbocycles. The van der Waals surface area contributed by atoms with E-state index >= 15 is 0 Å². The average molecular weight is 254 g/mol. The highest BCUT2D eigenvalue weighted by Gasteiger charge is 2.13. The van der Waals surface area contributed by atoms with Crippen LogP contribution in [0, 0.1) is 5.82 Å². The van der Waals surface area contributed by atoms with E-state index in [2.05, 4.69) is 10.6 Å². The van der Waals surface area contributed by atoms with E-state index in [0.29, 0.717) is 11.4 Å². The quantitative estimate of drug-likeness (QED) is 0.865. The van der Waals surface area contributed by atoms with Crippen molar-refractivity contribution in [3.05, 3.63) is 24.0 Å². The van der Waals surface area contributed by atoms with Gasteiger partial charge in [0.25, 0.3) is 0 Å². The Labute approximate surface area is 107 Å².